The van der Waals surface area contributed by atoms with Crippen LogP contribution in [-0.2, 0) is 0 Å². The summed E-state index contributed by atoms with van der Waals surface area (Å²) in [6, 6.07) is 19.2. The largest absolute Gasteiger partial charge is 0.192 e. The molecule has 0 saturated heterocycles. The molecule has 2 rings (SSSR count). The van der Waals surface area contributed by atoms with E-state index in [1.54, 1.807) is 12.1 Å². The summed E-state index contributed by atoms with van der Waals surface area (Å²) < 4.78 is 0. The minimum absolute atomic E-state index is 0.632. The number of hydrogen-bond acceptors (Lipinski definition) is 1. The maximum atomic E-state index is 9.16. The quantitative estimate of drug-likeness (QED) is 0.563. The van der Waals surface area contributed by atoms with Crippen molar-refractivity contribution in [3.8, 4) is 6.07 Å². The molecule has 2 aromatic rings. The average Bonchev–Trinajstić information content (AvgIpc) is 2.38. The number of nitriles is 1. The van der Waals surface area contributed by atoms with Crippen LogP contribution in [0.4, 0.5) is 0 Å². The van der Waals surface area contributed by atoms with Crippen LogP contribution in [0.5, 0.6) is 0 Å². The van der Waals surface area contributed by atoms with Crippen LogP contribution in [0.15, 0.2) is 54.6 Å². The lowest BCUT2D eigenvalue weighted by Gasteiger charge is -1.99. The second-order valence-electron chi connectivity index (χ2n) is 3.59. The molecule has 0 heterocycles. The molecule has 0 bridgehead atoms. The second kappa shape index (κ2) is 5.34. The highest BCUT2D eigenvalue weighted by Crippen LogP contribution is 2.19. The Labute approximate surface area is 106 Å². The molecule has 2 aromatic carbocycles. The molecule has 0 unspecified atom stereocenters. The lowest BCUT2D eigenvalue weighted by atomic mass is 10.0. The van der Waals surface area contributed by atoms with Gasteiger partial charge in [0.1, 0.15) is 0 Å². The van der Waals surface area contributed by atoms with Crippen molar-refractivity contribution in [1.29, 1.82) is 5.26 Å². The van der Waals surface area contributed by atoms with Gasteiger partial charge < -0.3 is 0 Å². The van der Waals surface area contributed by atoms with Gasteiger partial charge in [0.25, 0.3) is 0 Å². The molecule has 0 atom stereocenters. The van der Waals surface area contributed by atoms with Gasteiger partial charge in [0.05, 0.1) is 11.6 Å². The first kappa shape index (κ1) is 11.4. The van der Waals surface area contributed by atoms with Crippen LogP contribution in [0.3, 0.4) is 0 Å². The number of nitrogens with zero attached hydrogens (tertiary/aromatic N) is 1. The predicted molar refractivity (Wildman–Crippen MR) is 71.4 cm³/mol. The first-order chi connectivity index (χ1) is 8.29. The summed E-state index contributed by atoms with van der Waals surface area (Å²) >= 11 is 5.82. The molecule has 0 fully saturated rings. The Balaban J connectivity index is 2.38. The molecule has 0 amide bonds. The van der Waals surface area contributed by atoms with E-state index in [2.05, 4.69) is 6.07 Å². The van der Waals surface area contributed by atoms with Crippen LogP contribution >= 0.6 is 11.6 Å². The number of halogens is 1. The molecule has 0 spiro atoms. The molecular formula is C15H10ClN. The third-order valence-electron chi connectivity index (χ3n) is 2.39. The zero-order valence-electron chi connectivity index (χ0n) is 9.10. The molecule has 2 heteroatoms. The fraction of sp³-hybridized carbons (Fsp3) is 0. The predicted octanol–water partition coefficient (Wildman–Crippen LogP) is 4.40. The molecule has 1 nitrogen and oxygen atoms in total. The van der Waals surface area contributed by atoms with Gasteiger partial charge in [-0.1, -0.05) is 54.1 Å². The monoisotopic (exact) mass is 239 g/mol. The molecule has 0 aliphatic heterocycles. The van der Waals surface area contributed by atoms with Gasteiger partial charge in [-0.05, 0) is 29.3 Å². The smallest absolute Gasteiger partial charge is 0.0998 e. The third kappa shape index (κ3) is 2.96. The van der Waals surface area contributed by atoms with Crippen molar-refractivity contribution in [3.05, 3.63) is 70.7 Å². The fourth-order valence-electron chi connectivity index (χ4n) is 1.53. The minimum Gasteiger partial charge on any atom is -0.192 e. The Bertz CT molecular complexity index is 562. The van der Waals surface area contributed by atoms with E-state index in [9.17, 15) is 0 Å². The molecule has 0 aromatic heterocycles. The van der Waals surface area contributed by atoms with E-state index in [4.69, 9.17) is 16.9 Å². The van der Waals surface area contributed by atoms with E-state index in [1.165, 1.54) is 0 Å². The number of rotatable bonds is 2. The van der Waals surface area contributed by atoms with E-state index in [-0.39, 0.29) is 0 Å². The zero-order valence-corrected chi connectivity index (χ0v) is 9.85. The third-order valence-corrected chi connectivity index (χ3v) is 2.64. The summed E-state index contributed by atoms with van der Waals surface area (Å²) in [6.07, 6.45) is 1.86. The maximum Gasteiger partial charge on any atom is 0.0998 e. The van der Waals surface area contributed by atoms with Crippen molar-refractivity contribution in [1.82, 2.24) is 0 Å². The van der Waals surface area contributed by atoms with Gasteiger partial charge in [-0.25, -0.2) is 0 Å². The minimum atomic E-state index is 0.632. The van der Waals surface area contributed by atoms with Crippen LogP contribution in [0.2, 0.25) is 5.02 Å². The molecule has 0 radical (unpaired) electrons. The Kier molecular flexibility index (Phi) is 3.59. The standard InChI is InChI=1S/C15H10ClN/c16-15-8-6-13(7-9-15)14(11-17)10-12-4-2-1-3-5-12/h1-10H/b14-10+. The Hall–Kier alpha value is -2.04. The van der Waals surface area contributed by atoms with Gasteiger partial charge >= 0.3 is 0 Å². The van der Waals surface area contributed by atoms with Crippen LogP contribution < -0.4 is 0 Å². The topological polar surface area (TPSA) is 23.8 Å². The molecular weight excluding hydrogens is 230 g/mol. The van der Waals surface area contributed by atoms with Crippen LogP contribution in [-0.4, -0.2) is 0 Å². The highest BCUT2D eigenvalue weighted by molar-refractivity contribution is 6.30. The Morgan fingerprint density at radius 3 is 2.24 bits per heavy atom. The van der Waals surface area contributed by atoms with E-state index in [1.807, 2.05) is 48.5 Å². The normalized spacial score (nSPS) is 10.9. The Morgan fingerprint density at radius 1 is 1.00 bits per heavy atom. The van der Waals surface area contributed by atoms with Crippen molar-refractivity contribution >= 4 is 23.3 Å². The summed E-state index contributed by atoms with van der Waals surface area (Å²) in [5.41, 5.74) is 2.52. The van der Waals surface area contributed by atoms with Crippen molar-refractivity contribution in [2.24, 2.45) is 0 Å². The SMILES string of the molecule is N#C/C(=C\c1ccccc1)c1ccc(Cl)cc1. The van der Waals surface area contributed by atoms with Crippen molar-refractivity contribution in [2.45, 2.75) is 0 Å². The summed E-state index contributed by atoms with van der Waals surface area (Å²) in [5, 5.41) is 9.83. The summed E-state index contributed by atoms with van der Waals surface area (Å²) in [5.74, 6) is 0. The molecule has 17 heavy (non-hydrogen) atoms. The second-order valence-corrected chi connectivity index (χ2v) is 4.02. The van der Waals surface area contributed by atoms with Crippen LogP contribution in [0.25, 0.3) is 11.6 Å². The van der Waals surface area contributed by atoms with Gasteiger partial charge in [-0.15, -0.1) is 0 Å². The highest BCUT2D eigenvalue weighted by atomic mass is 35.5. The average molecular weight is 240 g/mol. The molecule has 0 aliphatic rings. The first-order valence-electron chi connectivity index (χ1n) is 5.22. The highest BCUT2D eigenvalue weighted by Gasteiger charge is 2.00. The van der Waals surface area contributed by atoms with E-state index < -0.39 is 0 Å². The van der Waals surface area contributed by atoms with Crippen molar-refractivity contribution < 1.29 is 0 Å². The van der Waals surface area contributed by atoms with Gasteiger partial charge in [0, 0.05) is 5.02 Å². The summed E-state index contributed by atoms with van der Waals surface area (Å²) in [7, 11) is 0. The molecule has 0 saturated carbocycles. The first-order valence-corrected chi connectivity index (χ1v) is 5.60. The van der Waals surface area contributed by atoms with Gasteiger partial charge in [-0.3, -0.25) is 0 Å². The molecule has 0 N–H and O–H groups in total. The van der Waals surface area contributed by atoms with E-state index in [0.717, 1.165) is 11.1 Å². The number of hydrogen-bond donors (Lipinski definition) is 0. The van der Waals surface area contributed by atoms with Crippen LogP contribution in [0, 0.1) is 11.3 Å². The lowest BCUT2D eigenvalue weighted by Crippen LogP contribution is -1.81. The van der Waals surface area contributed by atoms with Gasteiger partial charge in [-0.2, -0.15) is 5.26 Å². The number of benzene rings is 2. The van der Waals surface area contributed by atoms with Crippen molar-refractivity contribution in [2.75, 3.05) is 0 Å². The van der Waals surface area contributed by atoms with Crippen molar-refractivity contribution in [3.63, 3.8) is 0 Å². The van der Waals surface area contributed by atoms with Gasteiger partial charge in [0.2, 0.25) is 0 Å². The van der Waals surface area contributed by atoms with E-state index >= 15 is 0 Å². The molecule has 0 aliphatic carbocycles. The summed E-state index contributed by atoms with van der Waals surface area (Å²) in [6.45, 7) is 0. The number of allylic oxidation sites excluding steroid dienone is 1. The van der Waals surface area contributed by atoms with Gasteiger partial charge in [0.15, 0.2) is 0 Å². The Morgan fingerprint density at radius 2 is 1.65 bits per heavy atom. The fourth-order valence-corrected chi connectivity index (χ4v) is 1.65. The molecule has 82 valence electrons. The van der Waals surface area contributed by atoms with E-state index in [0.29, 0.717) is 10.6 Å². The maximum absolute atomic E-state index is 9.16. The zero-order chi connectivity index (χ0) is 12.1. The summed E-state index contributed by atoms with van der Waals surface area (Å²) in [4.78, 5) is 0. The van der Waals surface area contributed by atoms with Crippen LogP contribution in [0.1, 0.15) is 11.1 Å². The lowest BCUT2D eigenvalue weighted by molar-refractivity contribution is 1.52.